The van der Waals surface area contributed by atoms with Gasteiger partial charge in [-0.05, 0) is 61.5 Å². The highest BCUT2D eigenvalue weighted by molar-refractivity contribution is 7.89. The number of ether oxygens (including phenoxy) is 2. The molecule has 0 aliphatic rings. The van der Waals surface area contributed by atoms with Crippen LogP contribution in [0, 0.1) is 0 Å². The molecule has 2 aromatic carbocycles. The van der Waals surface area contributed by atoms with Crippen molar-refractivity contribution in [2.75, 3.05) is 5.32 Å². The van der Waals surface area contributed by atoms with Gasteiger partial charge in [-0.25, -0.2) is 18.5 Å². The van der Waals surface area contributed by atoms with E-state index < -0.39 is 33.8 Å². The zero-order chi connectivity index (χ0) is 25.1. The highest BCUT2D eigenvalue weighted by Crippen LogP contribution is 2.35. The lowest BCUT2D eigenvalue weighted by Gasteiger charge is -2.15. The van der Waals surface area contributed by atoms with Crippen LogP contribution < -0.4 is 19.9 Å². The molecule has 8 nitrogen and oxygen atoms in total. The molecule has 0 radical (unpaired) electrons. The van der Waals surface area contributed by atoms with Crippen LogP contribution in [0.4, 0.5) is 18.9 Å². The van der Waals surface area contributed by atoms with Crippen molar-refractivity contribution in [3.63, 3.8) is 0 Å². The molecule has 0 fully saturated rings. The molecule has 1 atom stereocenters. The fourth-order valence-electron chi connectivity index (χ4n) is 2.58. The average molecular weight is 516 g/mol. The number of nitrogens with two attached hydrogens (primary N) is 1. The summed E-state index contributed by atoms with van der Waals surface area (Å²) in [6, 6.07) is 11.9. The monoisotopic (exact) mass is 515 g/mol. The van der Waals surface area contributed by atoms with Crippen LogP contribution in [0.15, 0.2) is 65.7 Å². The predicted molar refractivity (Wildman–Crippen MR) is 117 cm³/mol. The number of halogens is 4. The van der Waals surface area contributed by atoms with Gasteiger partial charge in [0.2, 0.25) is 15.9 Å². The second-order valence-corrected chi connectivity index (χ2v) is 8.87. The maximum Gasteiger partial charge on any atom is 0.417 e. The molecule has 0 saturated heterocycles. The lowest BCUT2D eigenvalue weighted by Crippen LogP contribution is -2.30. The fraction of sp³-hybridized carbons (Fsp3) is 0.143. The Kier molecular flexibility index (Phi) is 7.34. The molecular weight excluding hydrogens is 499 g/mol. The van der Waals surface area contributed by atoms with E-state index in [0.29, 0.717) is 23.7 Å². The Morgan fingerprint density at radius 1 is 1.09 bits per heavy atom. The van der Waals surface area contributed by atoms with Gasteiger partial charge in [-0.3, -0.25) is 4.79 Å². The number of benzene rings is 2. The predicted octanol–water partition coefficient (Wildman–Crippen LogP) is 4.60. The molecule has 34 heavy (non-hydrogen) atoms. The van der Waals surface area contributed by atoms with Crippen molar-refractivity contribution in [3.05, 3.63) is 71.4 Å². The number of anilines is 1. The van der Waals surface area contributed by atoms with E-state index in [9.17, 15) is 26.4 Å². The van der Waals surface area contributed by atoms with Gasteiger partial charge in [0.15, 0.2) is 6.10 Å². The molecule has 180 valence electrons. The lowest BCUT2D eigenvalue weighted by molar-refractivity contribution is -0.137. The van der Waals surface area contributed by atoms with Gasteiger partial charge in [0.25, 0.3) is 5.91 Å². The number of hydrogen-bond acceptors (Lipinski definition) is 6. The molecule has 1 unspecified atom stereocenters. The summed E-state index contributed by atoms with van der Waals surface area (Å²) in [5.74, 6) is -0.159. The molecule has 3 N–H and O–H groups in total. The first kappa shape index (κ1) is 25.3. The Bertz CT molecular complexity index is 1280. The van der Waals surface area contributed by atoms with Crippen molar-refractivity contribution in [1.82, 2.24) is 4.98 Å². The zero-order valence-electron chi connectivity index (χ0n) is 17.3. The van der Waals surface area contributed by atoms with Crippen molar-refractivity contribution in [2.24, 2.45) is 5.14 Å². The Labute approximate surface area is 197 Å². The average Bonchev–Trinajstić information content (AvgIpc) is 2.75. The summed E-state index contributed by atoms with van der Waals surface area (Å²) in [6.07, 6.45) is -4.89. The van der Waals surface area contributed by atoms with Gasteiger partial charge in [-0.15, -0.1) is 0 Å². The minimum absolute atomic E-state index is 0.0927. The van der Waals surface area contributed by atoms with Gasteiger partial charge < -0.3 is 14.8 Å². The van der Waals surface area contributed by atoms with Crippen molar-refractivity contribution in [2.45, 2.75) is 24.1 Å². The van der Waals surface area contributed by atoms with Crippen molar-refractivity contribution in [1.29, 1.82) is 0 Å². The molecule has 1 aromatic heterocycles. The molecule has 0 saturated carbocycles. The number of rotatable bonds is 7. The van der Waals surface area contributed by atoms with Crippen LogP contribution in [0.1, 0.15) is 12.5 Å². The summed E-state index contributed by atoms with van der Waals surface area (Å²) in [7, 11) is -3.84. The summed E-state index contributed by atoms with van der Waals surface area (Å²) >= 11 is 5.83. The number of amides is 1. The second-order valence-electron chi connectivity index (χ2n) is 6.90. The third-order valence-corrected chi connectivity index (χ3v) is 5.51. The van der Waals surface area contributed by atoms with E-state index in [0.717, 1.165) is 0 Å². The second kappa shape index (κ2) is 9.87. The van der Waals surface area contributed by atoms with Crippen molar-refractivity contribution in [3.8, 4) is 17.4 Å². The van der Waals surface area contributed by atoms with Gasteiger partial charge in [-0.2, -0.15) is 13.2 Å². The SMILES string of the molecule is CC(Oc1ccc(Oc2ncc(C(F)(F)F)cc2Cl)cc1)C(=O)Nc1ccc(S(N)(=O)=O)cc1. The molecule has 3 aromatic rings. The Hall–Kier alpha value is -3.35. The summed E-state index contributed by atoms with van der Waals surface area (Å²) < 4.78 is 71.6. The summed E-state index contributed by atoms with van der Waals surface area (Å²) in [5.41, 5.74) is -0.654. The fourth-order valence-corrected chi connectivity index (χ4v) is 3.30. The zero-order valence-corrected chi connectivity index (χ0v) is 18.9. The van der Waals surface area contributed by atoms with Gasteiger partial charge in [0, 0.05) is 11.9 Å². The van der Waals surface area contributed by atoms with E-state index in [1.54, 1.807) is 0 Å². The van der Waals surface area contributed by atoms with Crippen molar-refractivity contribution >= 4 is 33.2 Å². The summed E-state index contributed by atoms with van der Waals surface area (Å²) in [6.45, 7) is 1.50. The van der Waals surface area contributed by atoms with E-state index in [1.165, 1.54) is 55.5 Å². The third kappa shape index (κ3) is 6.59. The highest BCUT2D eigenvalue weighted by atomic mass is 35.5. The number of alkyl halides is 3. The molecule has 1 heterocycles. The lowest BCUT2D eigenvalue weighted by atomic mass is 10.3. The van der Waals surface area contributed by atoms with Crippen LogP contribution in [0.2, 0.25) is 5.02 Å². The quantitative estimate of drug-likeness (QED) is 0.474. The van der Waals surface area contributed by atoms with Gasteiger partial charge in [0.05, 0.1) is 10.5 Å². The van der Waals surface area contributed by atoms with Crippen LogP contribution in [-0.4, -0.2) is 25.4 Å². The van der Waals surface area contributed by atoms with E-state index >= 15 is 0 Å². The third-order valence-electron chi connectivity index (χ3n) is 4.31. The number of nitrogens with one attached hydrogen (secondary N) is 1. The molecule has 0 aliphatic carbocycles. The van der Waals surface area contributed by atoms with Crippen LogP contribution >= 0.6 is 11.6 Å². The minimum Gasteiger partial charge on any atom is -0.481 e. The van der Waals surface area contributed by atoms with Gasteiger partial charge in [0.1, 0.15) is 16.5 Å². The topological polar surface area (TPSA) is 121 Å². The van der Waals surface area contributed by atoms with E-state index in [4.69, 9.17) is 26.2 Å². The number of carbonyl (C=O) groups excluding carboxylic acids is 1. The van der Waals surface area contributed by atoms with Crippen LogP contribution in [0.3, 0.4) is 0 Å². The molecule has 0 spiro atoms. The number of carbonyl (C=O) groups is 1. The summed E-state index contributed by atoms with van der Waals surface area (Å²) in [4.78, 5) is 15.8. The van der Waals surface area contributed by atoms with Crippen LogP contribution in [0.5, 0.6) is 17.4 Å². The molecule has 3 rings (SSSR count). The molecule has 0 aliphatic heterocycles. The molecule has 13 heteroatoms. The Morgan fingerprint density at radius 2 is 1.68 bits per heavy atom. The number of sulfonamides is 1. The van der Waals surface area contributed by atoms with Crippen LogP contribution in [0.25, 0.3) is 0 Å². The number of hydrogen-bond donors (Lipinski definition) is 2. The molecular formula is C21H17ClF3N3O5S. The Morgan fingerprint density at radius 3 is 2.21 bits per heavy atom. The summed E-state index contributed by atoms with van der Waals surface area (Å²) in [5, 5.41) is 7.30. The number of pyridine rings is 1. The minimum atomic E-state index is -4.58. The smallest absolute Gasteiger partial charge is 0.417 e. The number of aromatic nitrogens is 1. The molecule has 1 amide bonds. The largest absolute Gasteiger partial charge is 0.481 e. The Balaban J connectivity index is 1.59. The maximum absolute atomic E-state index is 12.7. The van der Waals surface area contributed by atoms with Crippen LogP contribution in [-0.2, 0) is 21.0 Å². The van der Waals surface area contributed by atoms with E-state index in [1.807, 2.05) is 0 Å². The number of primary sulfonamides is 1. The standard InChI is InChI=1S/C21H17ClF3N3O5S/c1-12(19(29)28-14-2-8-17(9-3-14)34(26,30)31)32-15-4-6-16(7-5-15)33-20-18(22)10-13(11-27-20)21(23,24)25/h2-12H,1H3,(H,28,29)(H2,26,30,31). The van der Waals surface area contributed by atoms with E-state index in [2.05, 4.69) is 10.3 Å². The molecule has 0 bridgehead atoms. The first-order valence-corrected chi connectivity index (χ1v) is 11.4. The van der Waals surface area contributed by atoms with Crippen molar-refractivity contribution < 1.29 is 35.9 Å². The first-order chi connectivity index (χ1) is 15.8. The highest BCUT2D eigenvalue weighted by Gasteiger charge is 2.31. The maximum atomic E-state index is 12.7. The number of nitrogens with zero attached hydrogens (tertiary/aromatic N) is 1. The van der Waals surface area contributed by atoms with Gasteiger partial charge >= 0.3 is 6.18 Å². The first-order valence-electron chi connectivity index (χ1n) is 9.44. The normalized spacial score (nSPS) is 12.6. The van der Waals surface area contributed by atoms with E-state index in [-0.39, 0.29) is 21.5 Å². The van der Waals surface area contributed by atoms with Gasteiger partial charge in [-0.1, -0.05) is 11.6 Å².